The highest BCUT2D eigenvalue weighted by Gasteiger charge is 2.20. The molecule has 0 unspecified atom stereocenters. The van der Waals surface area contributed by atoms with Crippen LogP contribution in [0.25, 0.3) is 10.2 Å². The van der Waals surface area contributed by atoms with Gasteiger partial charge in [-0.1, -0.05) is 12.1 Å². The van der Waals surface area contributed by atoms with Gasteiger partial charge < -0.3 is 20.1 Å². The van der Waals surface area contributed by atoms with Crippen molar-refractivity contribution in [3.63, 3.8) is 0 Å². The maximum atomic E-state index is 12.7. The molecule has 2 aromatic heterocycles. The molecule has 0 aliphatic carbocycles. The third kappa shape index (κ3) is 5.02. The van der Waals surface area contributed by atoms with Crippen molar-refractivity contribution in [1.82, 2.24) is 15.3 Å². The summed E-state index contributed by atoms with van der Waals surface area (Å²) >= 11 is 1.38. The second-order valence-corrected chi connectivity index (χ2v) is 7.82. The molecule has 0 bridgehead atoms. The number of nitrogens with zero attached hydrogens (tertiary/aromatic N) is 2. The first-order chi connectivity index (χ1) is 14.0. The standard InChI is InChI=1S/C21H26N4O3S/c1-13(11-27-3)25-20(26)18-14(2)17-19(23-12-24-21(17)29-18)22-9-8-15-6-5-7-16(10-15)28-4/h5-7,10,12-13H,8-9,11H2,1-4H3,(H,25,26)(H,22,23,24)/t13-/m0/s1. The summed E-state index contributed by atoms with van der Waals surface area (Å²) in [5.41, 5.74) is 2.06. The van der Waals surface area contributed by atoms with E-state index in [0.717, 1.165) is 33.8 Å². The van der Waals surface area contributed by atoms with E-state index in [9.17, 15) is 4.79 Å². The van der Waals surface area contributed by atoms with E-state index in [1.54, 1.807) is 14.2 Å². The number of hydrogen-bond acceptors (Lipinski definition) is 7. The Balaban J connectivity index is 1.75. The van der Waals surface area contributed by atoms with Crippen molar-refractivity contribution >= 4 is 33.3 Å². The normalized spacial score (nSPS) is 12.0. The monoisotopic (exact) mass is 414 g/mol. The summed E-state index contributed by atoms with van der Waals surface area (Å²) in [5, 5.41) is 7.25. The zero-order valence-electron chi connectivity index (χ0n) is 17.1. The number of nitrogens with one attached hydrogen (secondary N) is 2. The van der Waals surface area contributed by atoms with Gasteiger partial charge in [-0.25, -0.2) is 9.97 Å². The van der Waals surface area contributed by atoms with Crippen LogP contribution < -0.4 is 15.4 Å². The van der Waals surface area contributed by atoms with Gasteiger partial charge in [0, 0.05) is 19.7 Å². The molecule has 29 heavy (non-hydrogen) atoms. The fourth-order valence-corrected chi connectivity index (χ4v) is 4.21. The number of methoxy groups -OCH3 is 2. The smallest absolute Gasteiger partial charge is 0.262 e. The third-order valence-electron chi connectivity index (χ3n) is 4.57. The molecule has 0 aliphatic heterocycles. The Morgan fingerprint density at radius 1 is 1.28 bits per heavy atom. The van der Waals surface area contributed by atoms with Crippen molar-refractivity contribution in [2.24, 2.45) is 0 Å². The van der Waals surface area contributed by atoms with Crippen LogP contribution in [-0.4, -0.2) is 49.3 Å². The van der Waals surface area contributed by atoms with Gasteiger partial charge in [0.15, 0.2) is 0 Å². The number of aryl methyl sites for hydroxylation is 1. The van der Waals surface area contributed by atoms with E-state index in [1.807, 2.05) is 32.0 Å². The molecule has 1 atom stereocenters. The third-order valence-corrected chi connectivity index (χ3v) is 5.77. The molecule has 154 valence electrons. The number of aromatic nitrogens is 2. The van der Waals surface area contributed by atoms with Gasteiger partial charge >= 0.3 is 0 Å². The number of ether oxygens (including phenoxy) is 2. The second-order valence-electron chi connectivity index (χ2n) is 6.82. The first kappa shape index (κ1) is 21.0. The highest BCUT2D eigenvalue weighted by molar-refractivity contribution is 7.20. The van der Waals surface area contributed by atoms with Crippen molar-refractivity contribution < 1.29 is 14.3 Å². The molecule has 2 N–H and O–H groups in total. The number of hydrogen-bond donors (Lipinski definition) is 2. The highest BCUT2D eigenvalue weighted by Crippen LogP contribution is 2.33. The van der Waals surface area contributed by atoms with Crippen molar-refractivity contribution in [2.45, 2.75) is 26.3 Å². The molecule has 1 amide bonds. The molecule has 0 saturated carbocycles. The Kier molecular flexibility index (Phi) is 7.00. The van der Waals surface area contributed by atoms with Crippen LogP contribution in [0.2, 0.25) is 0 Å². The number of anilines is 1. The second kappa shape index (κ2) is 9.67. The highest BCUT2D eigenvalue weighted by atomic mass is 32.1. The van der Waals surface area contributed by atoms with Gasteiger partial charge in [-0.15, -0.1) is 11.3 Å². The topological polar surface area (TPSA) is 85.4 Å². The Hall–Kier alpha value is -2.71. The van der Waals surface area contributed by atoms with E-state index >= 15 is 0 Å². The van der Waals surface area contributed by atoms with Crippen LogP contribution in [0.15, 0.2) is 30.6 Å². The maximum absolute atomic E-state index is 12.7. The van der Waals surface area contributed by atoms with Gasteiger partial charge in [0.2, 0.25) is 0 Å². The number of amides is 1. The van der Waals surface area contributed by atoms with Crippen molar-refractivity contribution in [1.29, 1.82) is 0 Å². The lowest BCUT2D eigenvalue weighted by molar-refractivity contribution is 0.0909. The van der Waals surface area contributed by atoms with Crippen LogP contribution in [-0.2, 0) is 11.2 Å². The molecule has 8 heteroatoms. The largest absolute Gasteiger partial charge is 0.497 e. The summed E-state index contributed by atoms with van der Waals surface area (Å²) < 4.78 is 10.4. The number of thiophene rings is 1. The molecule has 7 nitrogen and oxygen atoms in total. The van der Waals surface area contributed by atoms with Crippen molar-refractivity contribution in [3.8, 4) is 5.75 Å². The Labute approximate surface area is 174 Å². The first-order valence-corrected chi connectivity index (χ1v) is 10.3. The van der Waals surface area contributed by atoms with E-state index in [1.165, 1.54) is 23.2 Å². The molecule has 0 spiro atoms. The average molecular weight is 415 g/mol. The molecule has 2 heterocycles. The molecule has 0 aliphatic rings. The molecular weight excluding hydrogens is 388 g/mol. The Morgan fingerprint density at radius 3 is 2.86 bits per heavy atom. The van der Waals surface area contributed by atoms with Gasteiger partial charge in [-0.3, -0.25) is 4.79 Å². The predicted octanol–water partition coefficient (Wildman–Crippen LogP) is 3.43. The maximum Gasteiger partial charge on any atom is 0.262 e. The van der Waals surface area contributed by atoms with Crippen LogP contribution in [0.5, 0.6) is 5.75 Å². The van der Waals surface area contributed by atoms with E-state index in [2.05, 4.69) is 26.7 Å². The first-order valence-electron chi connectivity index (χ1n) is 9.44. The number of benzene rings is 1. The van der Waals surface area contributed by atoms with Gasteiger partial charge in [-0.2, -0.15) is 0 Å². The minimum Gasteiger partial charge on any atom is -0.497 e. The van der Waals surface area contributed by atoms with Crippen molar-refractivity contribution in [2.75, 3.05) is 32.7 Å². The summed E-state index contributed by atoms with van der Waals surface area (Å²) in [6.45, 7) is 5.02. The van der Waals surface area contributed by atoms with Gasteiger partial charge in [0.05, 0.1) is 24.0 Å². The minimum atomic E-state index is -0.114. The van der Waals surface area contributed by atoms with Crippen LogP contribution >= 0.6 is 11.3 Å². The quantitative estimate of drug-likeness (QED) is 0.558. The average Bonchev–Trinajstić information content (AvgIpc) is 3.06. The summed E-state index contributed by atoms with van der Waals surface area (Å²) in [7, 11) is 3.28. The molecule has 3 rings (SSSR count). The van der Waals surface area contributed by atoms with Gasteiger partial charge in [0.25, 0.3) is 5.91 Å². The molecule has 0 radical (unpaired) electrons. The zero-order valence-corrected chi connectivity index (χ0v) is 17.9. The predicted molar refractivity (Wildman–Crippen MR) is 116 cm³/mol. The molecule has 0 saturated heterocycles. The van der Waals surface area contributed by atoms with E-state index in [0.29, 0.717) is 18.0 Å². The SMILES string of the molecule is COC[C@H](C)NC(=O)c1sc2ncnc(NCCc3cccc(OC)c3)c2c1C. The summed E-state index contributed by atoms with van der Waals surface area (Å²) in [4.78, 5) is 22.9. The number of rotatable bonds is 9. The lowest BCUT2D eigenvalue weighted by atomic mass is 10.1. The van der Waals surface area contributed by atoms with Gasteiger partial charge in [0.1, 0.15) is 22.7 Å². The van der Waals surface area contributed by atoms with E-state index in [-0.39, 0.29) is 11.9 Å². The number of fused-ring (bicyclic) bond motifs is 1. The Bertz CT molecular complexity index is 989. The van der Waals surface area contributed by atoms with Gasteiger partial charge in [-0.05, 0) is 43.5 Å². The molecule has 3 aromatic rings. The summed E-state index contributed by atoms with van der Waals surface area (Å²) in [6.07, 6.45) is 2.36. The van der Waals surface area contributed by atoms with Crippen LogP contribution in [0.3, 0.4) is 0 Å². The lowest BCUT2D eigenvalue weighted by Gasteiger charge is -2.12. The fourth-order valence-electron chi connectivity index (χ4n) is 3.16. The number of carbonyl (C=O) groups excluding carboxylic acids is 1. The van der Waals surface area contributed by atoms with Crippen LogP contribution in [0, 0.1) is 6.92 Å². The van der Waals surface area contributed by atoms with Crippen LogP contribution in [0.4, 0.5) is 5.82 Å². The molecule has 1 aromatic carbocycles. The number of carbonyl (C=O) groups is 1. The molecular formula is C21H26N4O3S. The van der Waals surface area contributed by atoms with Crippen molar-refractivity contribution in [3.05, 3.63) is 46.6 Å². The van der Waals surface area contributed by atoms with Crippen LogP contribution in [0.1, 0.15) is 27.7 Å². The Morgan fingerprint density at radius 2 is 2.10 bits per heavy atom. The lowest BCUT2D eigenvalue weighted by Crippen LogP contribution is -2.35. The van der Waals surface area contributed by atoms with E-state index in [4.69, 9.17) is 9.47 Å². The zero-order chi connectivity index (χ0) is 20.8. The van der Waals surface area contributed by atoms with E-state index < -0.39 is 0 Å². The summed E-state index contributed by atoms with van der Waals surface area (Å²) in [5.74, 6) is 1.48. The summed E-state index contributed by atoms with van der Waals surface area (Å²) in [6, 6.07) is 7.94. The minimum absolute atomic E-state index is 0.0661. The fraction of sp³-hybridized carbons (Fsp3) is 0.381. The molecule has 0 fully saturated rings.